The number of aromatic nitrogens is 4. The number of fused-ring (bicyclic) bond motifs is 1. The van der Waals surface area contributed by atoms with Crippen molar-refractivity contribution in [2.24, 2.45) is 5.92 Å². The first-order valence-electron chi connectivity index (χ1n) is 15.9. The van der Waals surface area contributed by atoms with Gasteiger partial charge < -0.3 is 9.09 Å². The molecule has 49 heavy (non-hydrogen) atoms. The lowest BCUT2D eigenvalue weighted by Crippen LogP contribution is -2.55. The van der Waals surface area contributed by atoms with Crippen molar-refractivity contribution < 1.29 is 13.9 Å². The number of thioether (sulfide) groups is 1. The van der Waals surface area contributed by atoms with Crippen molar-refractivity contribution in [2.45, 2.75) is 30.0 Å². The van der Waals surface area contributed by atoms with Gasteiger partial charge in [0.25, 0.3) is 0 Å². The second-order valence-electron chi connectivity index (χ2n) is 12.3. The van der Waals surface area contributed by atoms with Crippen LogP contribution >= 0.6 is 41.5 Å². The van der Waals surface area contributed by atoms with E-state index in [4.69, 9.17) is 32.3 Å². The molecule has 3 heterocycles. The van der Waals surface area contributed by atoms with Crippen molar-refractivity contribution in [1.29, 1.82) is 0 Å². The lowest BCUT2D eigenvalue weighted by molar-refractivity contribution is -0.118. The number of halogens is 2. The van der Waals surface area contributed by atoms with Crippen molar-refractivity contribution in [1.82, 2.24) is 29.1 Å². The minimum Gasteiger partial charge on any atom is -0.305 e. The summed E-state index contributed by atoms with van der Waals surface area (Å²) in [6.45, 7) is 1.30. The smallest absolute Gasteiger partial charge is 0.305 e. The second kappa shape index (κ2) is 14.9. The summed E-state index contributed by atoms with van der Waals surface area (Å²) in [6.07, 6.45) is 1.71. The van der Waals surface area contributed by atoms with Crippen molar-refractivity contribution in [3.8, 4) is 0 Å². The van der Waals surface area contributed by atoms with Gasteiger partial charge in [0.2, 0.25) is 11.9 Å². The third-order valence-electron chi connectivity index (χ3n) is 8.55. The first kappa shape index (κ1) is 35.5. The van der Waals surface area contributed by atoms with E-state index >= 15 is 0 Å². The molecule has 0 bridgehead atoms. The first-order chi connectivity index (χ1) is 23.5. The average Bonchev–Trinajstić information content (AvgIpc) is 3.54. The Morgan fingerprint density at radius 3 is 2.04 bits per heavy atom. The topological polar surface area (TPSA) is 105 Å². The largest absolute Gasteiger partial charge is 0.362 e. The van der Waals surface area contributed by atoms with E-state index < -0.39 is 12.4 Å². The van der Waals surface area contributed by atoms with Gasteiger partial charge in [-0.2, -0.15) is 9.97 Å². The highest BCUT2D eigenvalue weighted by atomic mass is 35.7. The van der Waals surface area contributed by atoms with Crippen molar-refractivity contribution in [3.05, 3.63) is 119 Å². The number of nitrogens with zero attached hydrogens (tertiary/aromatic N) is 6. The number of nitrogens with one attached hydrogen (secondary N) is 1. The summed E-state index contributed by atoms with van der Waals surface area (Å²) in [7, 11) is 3.28. The maximum absolute atomic E-state index is 13.2. The quantitative estimate of drug-likeness (QED) is 0.0823. The fourth-order valence-electron chi connectivity index (χ4n) is 6.12. The Labute approximate surface area is 300 Å². The maximum atomic E-state index is 13.2. The van der Waals surface area contributed by atoms with Gasteiger partial charge in [-0.25, -0.2) is 9.65 Å². The standard InChI is InChI=1S/C35H38Cl2N7O3PS/c1-24(2)33(45)41-34-39-31(36)30-32(40-34)44(23-38-30)29-21-43(20-28(49-29)22-47-48(37,46)42(3)4)35(25-14-8-5-9-15-25,26-16-10-6-11-17-26)27-18-12-7-13-19-27/h5-19,23-24,28-29H,20-22H2,1-4H3,(H,39,40,41,45)/t28-,29+,48?/m0/s1. The van der Waals surface area contributed by atoms with Crippen LogP contribution in [-0.4, -0.2) is 74.0 Å². The number of hydrogen-bond acceptors (Lipinski definition) is 8. The van der Waals surface area contributed by atoms with Gasteiger partial charge in [0.1, 0.15) is 5.52 Å². The molecule has 6 rings (SSSR count). The molecule has 0 radical (unpaired) electrons. The summed E-state index contributed by atoms with van der Waals surface area (Å²) in [5.41, 5.74) is 3.45. The molecule has 1 N–H and O–H groups in total. The summed E-state index contributed by atoms with van der Waals surface area (Å²) in [5, 5.41) is 2.46. The molecule has 1 aliphatic heterocycles. The first-order valence-corrected chi connectivity index (χ1v) is 19.7. The van der Waals surface area contributed by atoms with Crippen LogP contribution in [0, 0.1) is 5.92 Å². The molecular weight excluding hydrogens is 700 g/mol. The zero-order valence-corrected chi connectivity index (χ0v) is 30.8. The van der Waals surface area contributed by atoms with Gasteiger partial charge in [-0.15, -0.1) is 11.8 Å². The summed E-state index contributed by atoms with van der Waals surface area (Å²) in [6, 6.07) is 31.4. The number of carbonyl (C=O) groups is 1. The molecule has 14 heteroatoms. The number of hydrogen-bond donors (Lipinski definition) is 1. The maximum Gasteiger partial charge on any atom is 0.362 e. The van der Waals surface area contributed by atoms with E-state index in [0.717, 1.165) is 16.7 Å². The van der Waals surface area contributed by atoms with Crippen molar-refractivity contribution in [3.63, 3.8) is 0 Å². The Bertz CT molecular complexity index is 1850. The van der Waals surface area contributed by atoms with E-state index in [1.54, 1.807) is 46.0 Å². The molecule has 3 aromatic carbocycles. The Morgan fingerprint density at radius 2 is 1.53 bits per heavy atom. The number of rotatable bonds is 11. The Morgan fingerprint density at radius 1 is 0.980 bits per heavy atom. The van der Waals surface area contributed by atoms with E-state index in [1.165, 1.54) is 4.67 Å². The zero-order valence-electron chi connectivity index (χ0n) is 27.6. The number of imidazole rings is 1. The highest BCUT2D eigenvalue weighted by molar-refractivity contribution is 8.00. The molecule has 0 aliphatic carbocycles. The van der Waals surface area contributed by atoms with Crippen LogP contribution in [-0.2, 0) is 19.4 Å². The van der Waals surface area contributed by atoms with Gasteiger partial charge in [-0.1, -0.05) is 116 Å². The SMILES string of the molecule is CC(C)C(=O)Nc1nc(Cl)c2ncn([C@H]3CN(C(c4ccccc4)(c4ccccc4)c4ccccc4)C[C@@H](COP(=O)(Cl)N(C)C)S3)c2n1. The number of benzene rings is 3. The van der Waals surface area contributed by atoms with E-state index in [9.17, 15) is 9.36 Å². The molecule has 1 saturated heterocycles. The minimum absolute atomic E-state index is 0.108. The summed E-state index contributed by atoms with van der Waals surface area (Å²) < 4.78 is 22.5. The second-order valence-corrected chi connectivity index (χ2v) is 17.4. The number of amides is 1. The lowest BCUT2D eigenvalue weighted by Gasteiger charge is -2.50. The van der Waals surface area contributed by atoms with Gasteiger partial charge in [-0.3, -0.25) is 19.6 Å². The molecule has 0 spiro atoms. The lowest BCUT2D eigenvalue weighted by atomic mass is 9.75. The van der Waals surface area contributed by atoms with E-state index in [2.05, 4.69) is 93.0 Å². The third-order valence-corrected chi connectivity index (χ3v) is 12.8. The Kier molecular flexibility index (Phi) is 10.8. The highest BCUT2D eigenvalue weighted by Gasteiger charge is 2.46. The molecular formula is C35H38Cl2N7O3PS. The molecule has 0 saturated carbocycles. The molecule has 3 atom stereocenters. The van der Waals surface area contributed by atoms with E-state index in [0.29, 0.717) is 24.3 Å². The van der Waals surface area contributed by atoms with Crippen LogP contribution in [0.5, 0.6) is 0 Å². The molecule has 2 aromatic heterocycles. The van der Waals surface area contributed by atoms with Crippen LogP contribution in [0.1, 0.15) is 35.9 Å². The monoisotopic (exact) mass is 737 g/mol. The molecule has 10 nitrogen and oxygen atoms in total. The van der Waals surface area contributed by atoms with Crippen LogP contribution in [0.4, 0.5) is 5.95 Å². The summed E-state index contributed by atoms with van der Waals surface area (Å²) >= 11 is 14.6. The average molecular weight is 739 g/mol. The van der Waals surface area contributed by atoms with Crippen LogP contribution < -0.4 is 5.32 Å². The van der Waals surface area contributed by atoms with Crippen LogP contribution in [0.3, 0.4) is 0 Å². The molecule has 1 aliphatic rings. The number of anilines is 1. The molecule has 5 aromatic rings. The summed E-state index contributed by atoms with van der Waals surface area (Å²) in [4.78, 5) is 28.6. The van der Waals surface area contributed by atoms with Gasteiger partial charge >= 0.3 is 6.87 Å². The molecule has 256 valence electrons. The van der Waals surface area contributed by atoms with Crippen LogP contribution in [0.15, 0.2) is 97.3 Å². The normalized spacial score (nSPS) is 18.5. The fourth-order valence-corrected chi connectivity index (χ4v) is 8.60. The molecule has 1 amide bonds. The van der Waals surface area contributed by atoms with E-state index in [-0.39, 0.29) is 40.2 Å². The third kappa shape index (κ3) is 7.30. The minimum atomic E-state index is -3.54. The van der Waals surface area contributed by atoms with E-state index in [1.807, 2.05) is 22.8 Å². The zero-order chi connectivity index (χ0) is 34.8. The van der Waals surface area contributed by atoms with Crippen molar-refractivity contribution in [2.75, 3.05) is 39.1 Å². The van der Waals surface area contributed by atoms with Gasteiger partial charge in [0.15, 0.2) is 10.8 Å². The summed E-state index contributed by atoms with van der Waals surface area (Å²) in [5.74, 6) is -0.383. The van der Waals surface area contributed by atoms with Gasteiger partial charge in [0, 0.05) is 24.3 Å². The highest BCUT2D eigenvalue weighted by Crippen LogP contribution is 2.55. The van der Waals surface area contributed by atoms with Crippen LogP contribution in [0.2, 0.25) is 5.15 Å². The molecule has 1 fully saturated rings. The van der Waals surface area contributed by atoms with Gasteiger partial charge in [0.05, 0.1) is 23.8 Å². The van der Waals surface area contributed by atoms with Crippen molar-refractivity contribution >= 4 is 64.5 Å². The Hall–Kier alpha value is -3.28. The predicted octanol–water partition coefficient (Wildman–Crippen LogP) is 7.91. The predicted molar refractivity (Wildman–Crippen MR) is 198 cm³/mol. The Balaban J connectivity index is 1.52. The fraction of sp³-hybridized carbons (Fsp3) is 0.314. The number of carbonyl (C=O) groups excluding carboxylic acids is 1. The molecule has 1 unspecified atom stereocenters. The van der Waals surface area contributed by atoms with Gasteiger partial charge in [-0.05, 0) is 42.0 Å². The van der Waals surface area contributed by atoms with Crippen LogP contribution in [0.25, 0.3) is 11.2 Å².